The molecule has 1 aliphatic heterocycles. The number of carbonyl (C=O) groups excluding carboxylic acids is 1. The minimum atomic E-state index is -4.32. The van der Waals surface area contributed by atoms with Crippen LogP contribution in [-0.4, -0.2) is 29.7 Å². The predicted octanol–water partition coefficient (Wildman–Crippen LogP) is 4.98. The second-order valence-electron chi connectivity index (χ2n) is 6.95. The largest absolute Gasteiger partial charge is 0.444 e. The van der Waals surface area contributed by atoms with Gasteiger partial charge in [0, 0.05) is 13.1 Å². The molecule has 0 saturated carbocycles. The van der Waals surface area contributed by atoms with Gasteiger partial charge in [0.2, 0.25) is 0 Å². The Morgan fingerprint density at radius 3 is 2.38 bits per heavy atom. The van der Waals surface area contributed by atoms with E-state index in [4.69, 9.17) is 4.74 Å². The molecule has 1 aromatic carbocycles. The van der Waals surface area contributed by atoms with E-state index in [-0.39, 0.29) is 12.0 Å². The molecule has 3 nitrogen and oxygen atoms in total. The lowest BCUT2D eigenvalue weighted by molar-refractivity contribution is -0.137. The Morgan fingerprint density at radius 2 is 1.83 bits per heavy atom. The van der Waals surface area contributed by atoms with Crippen LogP contribution in [-0.2, 0) is 10.9 Å². The van der Waals surface area contributed by atoms with E-state index >= 15 is 0 Å². The number of rotatable bonds is 2. The summed E-state index contributed by atoms with van der Waals surface area (Å²) >= 11 is 0. The van der Waals surface area contributed by atoms with Crippen LogP contribution in [0, 0.1) is 5.92 Å². The molecule has 0 radical (unpaired) electrons. The van der Waals surface area contributed by atoms with Crippen molar-refractivity contribution in [2.75, 3.05) is 13.1 Å². The van der Waals surface area contributed by atoms with Crippen LogP contribution in [0.25, 0.3) is 6.08 Å². The van der Waals surface area contributed by atoms with Gasteiger partial charge < -0.3 is 9.64 Å². The van der Waals surface area contributed by atoms with Gasteiger partial charge in [-0.3, -0.25) is 0 Å². The van der Waals surface area contributed by atoms with Gasteiger partial charge in [0.1, 0.15) is 5.60 Å². The molecule has 2 rings (SSSR count). The number of nitrogens with zero attached hydrogens (tertiary/aromatic N) is 1. The molecular formula is C18H22F3NO2. The monoisotopic (exact) mass is 341 g/mol. The molecule has 0 aromatic heterocycles. The van der Waals surface area contributed by atoms with E-state index in [0.29, 0.717) is 18.7 Å². The molecule has 1 aliphatic rings. The van der Waals surface area contributed by atoms with E-state index in [0.717, 1.165) is 18.6 Å². The van der Waals surface area contributed by atoms with Crippen molar-refractivity contribution in [3.05, 3.63) is 41.5 Å². The second kappa shape index (κ2) is 6.87. The lowest BCUT2D eigenvalue weighted by Gasteiger charge is -2.24. The highest BCUT2D eigenvalue weighted by Gasteiger charge is 2.30. The number of halogens is 3. The molecule has 24 heavy (non-hydrogen) atoms. The molecule has 1 heterocycles. The van der Waals surface area contributed by atoms with E-state index in [9.17, 15) is 18.0 Å². The van der Waals surface area contributed by atoms with Crippen molar-refractivity contribution < 1.29 is 22.7 Å². The molecule has 0 spiro atoms. The number of benzene rings is 1. The summed E-state index contributed by atoms with van der Waals surface area (Å²) < 4.78 is 42.9. The molecule has 0 aliphatic carbocycles. The van der Waals surface area contributed by atoms with Crippen LogP contribution in [0.4, 0.5) is 18.0 Å². The molecule has 0 bridgehead atoms. The van der Waals surface area contributed by atoms with Crippen molar-refractivity contribution >= 4 is 12.2 Å². The van der Waals surface area contributed by atoms with Crippen LogP contribution in [0.15, 0.2) is 30.3 Å². The van der Waals surface area contributed by atoms with Gasteiger partial charge in [-0.25, -0.2) is 4.79 Å². The van der Waals surface area contributed by atoms with Crippen LogP contribution >= 0.6 is 0 Å². The van der Waals surface area contributed by atoms with Crippen molar-refractivity contribution in [3.63, 3.8) is 0 Å². The number of carbonyl (C=O) groups is 1. The zero-order valence-corrected chi connectivity index (χ0v) is 14.1. The van der Waals surface area contributed by atoms with E-state index in [1.54, 1.807) is 11.0 Å². The summed E-state index contributed by atoms with van der Waals surface area (Å²) in [5, 5.41) is 0. The Balaban J connectivity index is 1.91. The van der Waals surface area contributed by atoms with Crippen molar-refractivity contribution in [2.24, 2.45) is 5.92 Å². The normalized spacial score (nSPS) is 19.1. The third kappa shape index (κ3) is 5.28. The van der Waals surface area contributed by atoms with E-state index in [1.165, 1.54) is 12.1 Å². The smallest absolute Gasteiger partial charge is 0.416 e. The molecule has 132 valence electrons. The first-order chi connectivity index (χ1) is 11.0. The maximum absolute atomic E-state index is 12.5. The lowest BCUT2D eigenvalue weighted by Crippen LogP contribution is -2.35. The summed E-state index contributed by atoms with van der Waals surface area (Å²) in [6.45, 7) is 6.65. The van der Waals surface area contributed by atoms with Crippen molar-refractivity contribution in [2.45, 2.75) is 39.0 Å². The molecular weight excluding hydrogens is 319 g/mol. The minimum Gasteiger partial charge on any atom is -0.444 e. The Labute approximate surface area is 140 Å². The molecule has 1 saturated heterocycles. The first kappa shape index (κ1) is 18.4. The quantitative estimate of drug-likeness (QED) is 0.759. The van der Waals surface area contributed by atoms with Crippen molar-refractivity contribution in [1.82, 2.24) is 4.90 Å². The van der Waals surface area contributed by atoms with Gasteiger partial charge in [-0.05, 0) is 50.8 Å². The average molecular weight is 341 g/mol. The molecule has 1 aromatic rings. The first-order valence-electron chi connectivity index (χ1n) is 7.88. The lowest BCUT2D eigenvalue weighted by atomic mass is 10.1. The van der Waals surface area contributed by atoms with Crippen LogP contribution in [0.2, 0.25) is 0 Å². The van der Waals surface area contributed by atoms with Crippen molar-refractivity contribution in [1.29, 1.82) is 0 Å². The van der Waals surface area contributed by atoms with E-state index in [2.05, 4.69) is 0 Å². The van der Waals surface area contributed by atoms with Gasteiger partial charge in [-0.15, -0.1) is 0 Å². The van der Waals surface area contributed by atoms with Gasteiger partial charge in [0.25, 0.3) is 0 Å². The standard InChI is InChI=1S/C18H22F3NO2/c1-17(2,3)24-16(23)22-11-10-14(12-22)5-4-13-6-8-15(9-7-13)18(19,20)21/h4-9,14H,10-12H2,1-3H3/b5-4-/t14-/m0/s1. The zero-order valence-electron chi connectivity index (χ0n) is 14.1. The number of ether oxygens (including phenoxy) is 1. The van der Waals surface area contributed by atoms with Crippen LogP contribution < -0.4 is 0 Å². The first-order valence-corrected chi connectivity index (χ1v) is 7.88. The molecule has 1 fully saturated rings. The van der Waals surface area contributed by atoms with Crippen molar-refractivity contribution in [3.8, 4) is 0 Å². The highest BCUT2D eigenvalue weighted by molar-refractivity contribution is 5.68. The SMILES string of the molecule is CC(C)(C)OC(=O)N1CC[C@H](/C=C\c2ccc(C(F)(F)F)cc2)C1. The molecule has 1 atom stereocenters. The predicted molar refractivity (Wildman–Crippen MR) is 86.4 cm³/mol. The number of amides is 1. The van der Waals surface area contributed by atoms with Gasteiger partial charge in [-0.2, -0.15) is 13.2 Å². The molecule has 0 unspecified atom stereocenters. The van der Waals surface area contributed by atoms with Gasteiger partial charge in [-0.1, -0.05) is 24.3 Å². The van der Waals surface area contributed by atoms with Gasteiger partial charge >= 0.3 is 12.3 Å². The highest BCUT2D eigenvalue weighted by Crippen LogP contribution is 2.29. The highest BCUT2D eigenvalue weighted by atomic mass is 19.4. The topological polar surface area (TPSA) is 29.5 Å². The second-order valence-corrected chi connectivity index (χ2v) is 6.95. The van der Waals surface area contributed by atoms with Crippen LogP contribution in [0.1, 0.15) is 38.3 Å². The number of likely N-dealkylation sites (tertiary alicyclic amines) is 1. The Hall–Kier alpha value is -1.98. The summed E-state index contributed by atoms with van der Waals surface area (Å²) in [6, 6.07) is 5.03. The fourth-order valence-corrected chi connectivity index (χ4v) is 2.47. The average Bonchev–Trinajstić information content (AvgIpc) is 2.92. The summed E-state index contributed by atoms with van der Waals surface area (Å²) in [6.07, 6.45) is -0.0955. The summed E-state index contributed by atoms with van der Waals surface area (Å²) in [4.78, 5) is 13.6. The third-order valence-electron chi connectivity index (χ3n) is 3.68. The summed E-state index contributed by atoms with van der Waals surface area (Å²) in [7, 11) is 0. The summed E-state index contributed by atoms with van der Waals surface area (Å²) in [5.41, 5.74) is -0.471. The fraction of sp³-hybridized carbons (Fsp3) is 0.500. The summed E-state index contributed by atoms with van der Waals surface area (Å²) in [5.74, 6) is 0.180. The Morgan fingerprint density at radius 1 is 1.21 bits per heavy atom. The number of hydrogen-bond acceptors (Lipinski definition) is 2. The number of hydrogen-bond donors (Lipinski definition) is 0. The number of alkyl halides is 3. The van der Waals surface area contributed by atoms with Crippen LogP contribution in [0.5, 0.6) is 0 Å². The van der Waals surface area contributed by atoms with Crippen LogP contribution in [0.3, 0.4) is 0 Å². The molecule has 0 N–H and O–H groups in total. The van der Waals surface area contributed by atoms with Gasteiger partial charge in [0.15, 0.2) is 0 Å². The molecule has 6 heteroatoms. The Bertz CT molecular complexity index is 600. The third-order valence-corrected chi connectivity index (χ3v) is 3.68. The maximum Gasteiger partial charge on any atom is 0.416 e. The van der Waals surface area contributed by atoms with E-state index < -0.39 is 17.3 Å². The fourth-order valence-electron chi connectivity index (χ4n) is 2.47. The van der Waals surface area contributed by atoms with E-state index in [1.807, 2.05) is 26.8 Å². The molecule has 1 amide bonds. The van der Waals surface area contributed by atoms with Gasteiger partial charge in [0.05, 0.1) is 5.56 Å². The zero-order chi connectivity index (χ0) is 18.0. The Kier molecular flexibility index (Phi) is 5.26. The maximum atomic E-state index is 12.5. The minimum absolute atomic E-state index is 0.180.